The minimum absolute atomic E-state index is 0.174. The Labute approximate surface area is 121 Å². The molecule has 0 fully saturated rings. The van der Waals surface area contributed by atoms with Crippen LogP contribution in [0.4, 0.5) is 4.39 Å². The van der Waals surface area contributed by atoms with E-state index in [0.717, 1.165) is 17.1 Å². The van der Waals surface area contributed by atoms with E-state index in [1.165, 1.54) is 12.1 Å². The van der Waals surface area contributed by atoms with Crippen molar-refractivity contribution < 1.29 is 18.6 Å². The molecule has 0 aliphatic carbocycles. The van der Waals surface area contributed by atoms with Crippen LogP contribution in [0.2, 0.25) is 0 Å². The van der Waals surface area contributed by atoms with Gasteiger partial charge in [-0.1, -0.05) is 6.07 Å². The number of rotatable bonds is 1. The van der Waals surface area contributed by atoms with Crippen molar-refractivity contribution in [1.29, 1.82) is 0 Å². The predicted molar refractivity (Wildman–Crippen MR) is 73.9 cm³/mol. The van der Waals surface area contributed by atoms with Crippen LogP contribution in [0.5, 0.6) is 17.2 Å². The van der Waals surface area contributed by atoms with Crippen LogP contribution in [-0.4, -0.2) is 6.79 Å². The van der Waals surface area contributed by atoms with Gasteiger partial charge in [0.05, 0.1) is 0 Å². The molecule has 5 heteroatoms. The van der Waals surface area contributed by atoms with Gasteiger partial charge in [-0.25, -0.2) is 4.39 Å². The van der Waals surface area contributed by atoms with E-state index < -0.39 is 0 Å². The van der Waals surface area contributed by atoms with Crippen LogP contribution in [0.25, 0.3) is 0 Å². The Hall–Kier alpha value is -2.27. The lowest BCUT2D eigenvalue weighted by molar-refractivity contribution is 0.160. The molecular weight excluding hydrogens is 273 g/mol. The van der Waals surface area contributed by atoms with Crippen LogP contribution >= 0.6 is 0 Å². The topological polar surface area (TPSA) is 53.7 Å². The molecule has 2 aromatic rings. The molecule has 2 atom stereocenters. The highest BCUT2D eigenvalue weighted by atomic mass is 19.1. The van der Waals surface area contributed by atoms with E-state index in [1.807, 2.05) is 18.2 Å². The van der Waals surface area contributed by atoms with Gasteiger partial charge >= 0.3 is 0 Å². The van der Waals surface area contributed by atoms with Gasteiger partial charge in [-0.05, 0) is 35.9 Å². The fourth-order valence-corrected chi connectivity index (χ4v) is 2.79. The molecule has 4 nitrogen and oxygen atoms in total. The van der Waals surface area contributed by atoms with Crippen molar-refractivity contribution in [2.24, 2.45) is 5.73 Å². The molecule has 0 saturated carbocycles. The van der Waals surface area contributed by atoms with Crippen molar-refractivity contribution in [2.45, 2.75) is 18.6 Å². The summed E-state index contributed by atoms with van der Waals surface area (Å²) in [5.74, 6) is 1.79. The van der Waals surface area contributed by atoms with E-state index >= 15 is 0 Å². The largest absolute Gasteiger partial charge is 0.485 e. The lowest BCUT2D eigenvalue weighted by Gasteiger charge is -2.30. The zero-order chi connectivity index (χ0) is 14.4. The third kappa shape index (κ3) is 2.10. The molecule has 0 amide bonds. The van der Waals surface area contributed by atoms with Gasteiger partial charge in [0.2, 0.25) is 6.79 Å². The first-order chi connectivity index (χ1) is 10.2. The average Bonchev–Trinajstić information content (AvgIpc) is 2.95. The zero-order valence-electron chi connectivity index (χ0n) is 11.2. The van der Waals surface area contributed by atoms with Crippen molar-refractivity contribution in [1.82, 2.24) is 0 Å². The van der Waals surface area contributed by atoms with Crippen LogP contribution in [0, 0.1) is 5.82 Å². The van der Waals surface area contributed by atoms with E-state index in [4.69, 9.17) is 19.9 Å². The second-order valence-corrected chi connectivity index (χ2v) is 5.24. The molecular formula is C16H14FNO3. The van der Waals surface area contributed by atoms with Crippen molar-refractivity contribution in [3.8, 4) is 17.2 Å². The maximum atomic E-state index is 13.3. The number of fused-ring (bicyclic) bond motifs is 2. The number of halogens is 1. The molecule has 1 unspecified atom stereocenters. The standard InChI is InChI=1S/C16H14FNO3/c17-10-2-4-13-11(6-10)12(18)7-15(21-13)9-1-3-14-16(5-9)20-8-19-14/h1-6,12,15H,7-8,18H2/t12-,15?/m1/s1. The Morgan fingerprint density at radius 1 is 1.00 bits per heavy atom. The maximum Gasteiger partial charge on any atom is 0.231 e. The van der Waals surface area contributed by atoms with E-state index in [2.05, 4.69) is 0 Å². The summed E-state index contributed by atoms with van der Waals surface area (Å²) in [7, 11) is 0. The number of nitrogens with two attached hydrogens (primary N) is 1. The first-order valence-corrected chi connectivity index (χ1v) is 6.82. The Morgan fingerprint density at radius 2 is 1.81 bits per heavy atom. The molecule has 2 heterocycles. The number of ether oxygens (including phenoxy) is 3. The summed E-state index contributed by atoms with van der Waals surface area (Å²) in [5, 5.41) is 0. The normalized spacial score (nSPS) is 22.6. The SMILES string of the molecule is N[C@@H]1CC(c2ccc3c(c2)OCO3)Oc2ccc(F)cc21. The molecule has 0 saturated heterocycles. The molecule has 108 valence electrons. The van der Waals surface area contributed by atoms with Gasteiger partial charge in [0.1, 0.15) is 17.7 Å². The minimum Gasteiger partial charge on any atom is -0.485 e. The summed E-state index contributed by atoms with van der Waals surface area (Å²) in [6.07, 6.45) is 0.420. The summed E-state index contributed by atoms with van der Waals surface area (Å²) in [5.41, 5.74) is 7.84. The maximum absolute atomic E-state index is 13.3. The van der Waals surface area contributed by atoms with Gasteiger partial charge in [-0.3, -0.25) is 0 Å². The van der Waals surface area contributed by atoms with Gasteiger partial charge in [-0.15, -0.1) is 0 Å². The molecule has 2 N–H and O–H groups in total. The zero-order valence-corrected chi connectivity index (χ0v) is 11.2. The summed E-state index contributed by atoms with van der Waals surface area (Å²) in [4.78, 5) is 0. The Morgan fingerprint density at radius 3 is 2.71 bits per heavy atom. The Kier molecular flexibility index (Phi) is 2.75. The van der Waals surface area contributed by atoms with Gasteiger partial charge in [0.15, 0.2) is 11.5 Å². The van der Waals surface area contributed by atoms with E-state index in [1.54, 1.807) is 6.07 Å². The molecule has 2 aliphatic heterocycles. The van der Waals surface area contributed by atoms with Crippen molar-refractivity contribution in [2.75, 3.05) is 6.79 Å². The summed E-state index contributed by atoms with van der Waals surface area (Å²) >= 11 is 0. The highest BCUT2D eigenvalue weighted by Gasteiger charge is 2.28. The van der Waals surface area contributed by atoms with Crippen LogP contribution in [0.15, 0.2) is 36.4 Å². The first kappa shape index (κ1) is 12.5. The molecule has 0 bridgehead atoms. The predicted octanol–water partition coefficient (Wildman–Crippen LogP) is 3.08. The third-order valence-corrected chi connectivity index (χ3v) is 3.88. The van der Waals surface area contributed by atoms with Crippen molar-refractivity contribution in [3.63, 3.8) is 0 Å². The summed E-state index contributed by atoms with van der Waals surface area (Å²) < 4.78 is 29.9. The number of hydrogen-bond acceptors (Lipinski definition) is 4. The monoisotopic (exact) mass is 287 g/mol. The quantitative estimate of drug-likeness (QED) is 0.875. The van der Waals surface area contributed by atoms with Gasteiger partial charge in [-0.2, -0.15) is 0 Å². The second-order valence-electron chi connectivity index (χ2n) is 5.24. The third-order valence-electron chi connectivity index (χ3n) is 3.88. The van der Waals surface area contributed by atoms with Crippen LogP contribution < -0.4 is 19.9 Å². The highest BCUT2D eigenvalue weighted by molar-refractivity contribution is 5.46. The van der Waals surface area contributed by atoms with Crippen LogP contribution in [-0.2, 0) is 0 Å². The fraction of sp³-hybridized carbons (Fsp3) is 0.250. The van der Waals surface area contributed by atoms with Crippen LogP contribution in [0.3, 0.4) is 0 Å². The van der Waals surface area contributed by atoms with E-state index in [-0.39, 0.29) is 24.8 Å². The summed E-state index contributed by atoms with van der Waals surface area (Å²) in [6.45, 7) is 0.242. The van der Waals surface area contributed by atoms with E-state index in [0.29, 0.717) is 17.7 Å². The minimum atomic E-state index is -0.297. The first-order valence-electron chi connectivity index (χ1n) is 6.82. The van der Waals surface area contributed by atoms with E-state index in [9.17, 15) is 4.39 Å². The summed E-state index contributed by atoms with van der Waals surface area (Å²) in [6, 6.07) is 9.92. The highest BCUT2D eigenvalue weighted by Crippen LogP contribution is 2.42. The van der Waals surface area contributed by atoms with Gasteiger partial charge < -0.3 is 19.9 Å². The van der Waals surface area contributed by atoms with Crippen LogP contribution in [0.1, 0.15) is 29.7 Å². The number of hydrogen-bond donors (Lipinski definition) is 1. The molecule has 2 aliphatic rings. The molecule has 21 heavy (non-hydrogen) atoms. The average molecular weight is 287 g/mol. The lowest BCUT2D eigenvalue weighted by Crippen LogP contribution is -2.24. The van der Waals surface area contributed by atoms with Gasteiger partial charge in [0, 0.05) is 18.0 Å². The lowest BCUT2D eigenvalue weighted by atomic mass is 9.93. The van der Waals surface area contributed by atoms with Crippen molar-refractivity contribution in [3.05, 3.63) is 53.3 Å². The molecule has 0 aromatic heterocycles. The Balaban J connectivity index is 1.67. The molecule has 0 radical (unpaired) electrons. The second kappa shape index (κ2) is 4.63. The Bertz CT molecular complexity index is 704. The van der Waals surface area contributed by atoms with Gasteiger partial charge in [0.25, 0.3) is 0 Å². The number of benzene rings is 2. The molecule has 0 spiro atoms. The molecule has 4 rings (SSSR count). The van der Waals surface area contributed by atoms with Crippen molar-refractivity contribution >= 4 is 0 Å². The smallest absolute Gasteiger partial charge is 0.231 e. The fourth-order valence-electron chi connectivity index (χ4n) is 2.79. The molecule has 2 aromatic carbocycles.